The van der Waals surface area contributed by atoms with Crippen LogP contribution < -0.4 is 0 Å². The van der Waals surface area contributed by atoms with Crippen molar-refractivity contribution in [3.8, 4) is 0 Å². The summed E-state index contributed by atoms with van der Waals surface area (Å²) in [6, 6.07) is 0. The van der Waals surface area contributed by atoms with Crippen molar-refractivity contribution in [1.29, 1.82) is 0 Å². The van der Waals surface area contributed by atoms with Gasteiger partial charge < -0.3 is 9.47 Å². The summed E-state index contributed by atoms with van der Waals surface area (Å²) in [5.41, 5.74) is -0.719. The van der Waals surface area contributed by atoms with Gasteiger partial charge in [0.05, 0.1) is 24.5 Å². The molecule has 0 aromatic rings. The lowest BCUT2D eigenvalue weighted by atomic mass is 9.67. The molecular weight excluding hydrogens is 328 g/mol. The molecular formula is C22H40O4. The normalized spacial score (nSPS) is 22.8. The summed E-state index contributed by atoms with van der Waals surface area (Å²) in [7, 11) is 0. The number of rotatable bonds is 13. The van der Waals surface area contributed by atoms with Gasteiger partial charge in [-0.3, -0.25) is 9.59 Å². The Balaban J connectivity index is 2.37. The first-order valence-electron chi connectivity index (χ1n) is 10.9. The van der Waals surface area contributed by atoms with Gasteiger partial charge in [0, 0.05) is 0 Å². The Labute approximate surface area is 160 Å². The molecule has 0 bridgehead atoms. The lowest BCUT2D eigenvalue weighted by molar-refractivity contribution is -0.172. The van der Waals surface area contributed by atoms with E-state index in [9.17, 15) is 9.59 Å². The minimum Gasteiger partial charge on any atom is -0.465 e. The van der Waals surface area contributed by atoms with Gasteiger partial charge in [0.2, 0.25) is 0 Å². The van der Waals surface area contributed by atoms with Crippen molar-refractivity contribution in [3.05, 3.63) is 0 Å². The largest absolute Gasteiger partial charge is 0.465 e. The Morgan fingerprint density at radius 1 is 0.846 bits per heavy atom. The number of unbranched alkanes of at least 4 members (excludes halogenated alkanes) is 7. The maximum Gasteiger partial charge on any atom is 0.312 e. The highest BCUT2D eigenvalue weighted by molar-refractivity contribution is 5.85. The third kappa shape index (κ3) is 7.67. The van der Waals surface area contributed by atoms with E-state index in [1.54, 1.807) is 0 Å². The minimum atomic E-state index is -0.719. The lowest BCUT2D eigenvalue weighted by Gasteiger charge is -2.37. The Bertz CT molecular complexity index is 407. The molecule has 0 N–H and O–H groups in total. The van der Waals surface area contributed by atoms with E-state index in [2.05, 4.69) is 13.8 Å². The van der Waals surface area contributed by atoms with Crippen LogP contribution in [0.5, 0.6) is 0 Å². The second-order valence-corrected chi connectivity index (χ2v) is 7.99. The molecule has 0 heterocycles. The molecule has 0 amide bonds. The summed E-state index contributed by atoms with van der Waals surface area (Å²) in [6.07, 6.45) is 13.7. The van der Waals surface area contributed by atoms with Crippen LogP contribution in [0.4, 0.5) is 0 Å². The third-order valence-electron chi connectivity index (χ3n) is 5.68. The van der Waals surface area contributed by atoms with Gasteiger partial charge in [0.25, 0.3) is 0 Å². The number of esters is 2. The minimum absolute atomic E-state index is 0.203. The molecule has 152 valence electrons. The van der Waals surface area contributed by atoms with Crippen LogP contribution in [0.3, 0.4) is 0 Å². The van der Waals surface area contributed by atoms with Crippen LogP contribution in [0, 0.1) is 11.3 Å². The van der Waals surface area contributed by atoms with Gasteiger partial charge >= 0.3 is 11.9 Å². The number of carbonyl (C=O) groups excluding carboxylic acids is 2. The zero-order valence-electron chi connectivity index (χ0n) is 17.3. The summed E-state index contributed by atoms with van der Waals surface area (Å²) < 4.78 is 11.0. The smallest absolute Gasteiger partial charge is 0.312 e. The van der Waals surface area contributed by atoms with Gasteiger partial charge in [-0.15, -0.1) is 0 Å². The summed E-state index contributed by atoms with van der Waals surface area (Å²) in [4.78, 5) is 25.2. The van der Waals surface area contributed by atoms with E-state index in [0.717, 1.165) is 51.4 Å². The van der Waals surface area contributed by atoms with Gasteiger partial charge in [-0.05, 0) is 32.6 Å². The molecule has 1 rings (SSSR count). The fraction of sp³-hybridized carbons (Fsp3) is 0.909. The first kappa shape index (κ1) is 23.0. The van der Waals surface area contributed by atoms with Gasteiger partial charge in [-0.1, -0.05) is 71.6 Å². The van der Waals surface area contributed by atoms with Crippen molar-refractivity contribution in [3.63, 3.8) is 0 Å². The Morgan fingerprint density at radius 2 is 1.46 bits per heavy atom. The van der Waals surface area contributed by atoms with Crippen LogP contribution in [0.1, 0.15) is 104 Å². The SMILES string of the molecule is CCCCCCCCCOC(=O)C1CCCCC1(C)C(=O)OCCCC. The summed E-state index contributed by atoms with van der Waals surface area (Å²) in [5, 5.41) is 0. The maximum absolute atomic E-state index is 12.6. The van der Waals surface area contributed by atoms with E-state index in [1.807, 2.05) is 6.92 Å². The Morgan fingerprint density at radius 3 is 2.15 bits per heavy atom. The van der Waals surface area contributed by atoms with E-state index in [0.29, 0.717) is 13.2 Å². The van der Waals surface area contributed by atoms with E-state index in [1.165, 1.54) is 32.1 Å². The molecule has 0 radical (unpaired) electrons. The van der Waals surface area contributed by atoms with Crippen molar-refractivity contribution in [2.45, 2.75) is 104 Å². The van der Waals surface area contributed by atoms with Crippen molar-refractivity contribution in [2.75, 3.05) is 13.2 Å². The van der Waals surface area contributed by atoms with Crippen LogP contribution in [0.25, 0.3) is 0 Å². The van der Waals surface area contributed by atoms with Crippen LogP contribution >= 0.6 is 0 Å². The van der Waals surface area contributed by atoms with Crippen LogP contribution in [0.2, 0.25) is 0 Å². The number of ether oxygens (including phenoxy) is 2. The van der Waals surface area contributed by atoms with Crippen LogP contribution in [-0.4, -0.2) is 25.2 Å². The molecule has 2 atom stereocenters. The van der Waals surface area contributed by atoms with E-state index in [-0.39, 0.29) is 17.9 Å². The van der Waals surface area contributed by atoms with Gasteiger partial charge in [0.1, 0.15) is 0 Å². The first-order chi connectivity index (χ1) is 12.6. The molecule has 4 nitrogen and oxygen atoms in total. The van der Waals surface area contributed by atoms with Crippen molar-refractivity contribution >= 4 is 11.9 Å². The number of hydrogen-bond donors (Lipinski definition) is 0. The van der Waals surface area contributed by atoms with Crippen molar-refractivity contribution in [1.82, 2.24) is 0 Å². The highest BCUT2D eigenvalue weighted by atomic mass is 16.5. The molecule has 1 saturated carbocycles. The standard InChI is InChI=1S/C22H40O4/c1-4-6-8-9-10-11-14-18-25-20(23)19-15-12-13-16-22(19,3)21(24)26-17-7-5-2/h19H,4-18H2,1-3H3. The van der Waals surface area contributed by atoms with E-state index >= 15 is 0 Å². The second kappa shape index (κ2) is 13.2. The number of hydrogen-bond acceptors (Lipinski definition) is 4. The fourth-order valence-corrected chi connectivity index (χ4v) is 3.76. The van der Waals surface area contributed by atoms with Gasteiger partial charge in [0.15, 0.2) is 0 Å². The van der Waals surface area contributed by atoms with Gasteiger partial charge in [-0.2, -0.15) is 0 Å². The van der Waals surface area contributed by atoms with Crippen LogP contribution in [0.15, 0.2) is 0 Å². The molecule has 0 aliphatic heterocycles. The third-order valence-corrected chi connectivity index (χ3v) is 5.68. The predicted molar refractivity (Wildman–Crippen MR) is 105 cm³/mol. The zero-order chi connectivity index (χ0) is 19.3. The molecule has 4 heteroatoms. The Kier molecular flexibility index (Phi) is 11.6. The van der Waals surface area contributed by atoms with Crippen molar-refractivity contribution < 1.29 is 19.1 Å². The fourth-order valence-electron chi connectivity index (χ4n) is 3.76. The van der Waals surface area contributed by atoms with Gasteiger partial charge in [-0.25, -0.2) is 0 Å². The average Bonchev–Trinajstić information content (AvgIpc) is 2.64. The molecule has 26 heavy (non-hydrogen) atoms. The first-order valence-corrected chi connectivity index (χ1v) is 10.9. The second-order valence-electron chi connectivity index (χ2n) is 7.99. The molecule has 0 spiro atoms. The van der Waals surface area contributed by atoms with Crippen LogP contribution in [-0.2, 0) is 19.1 Å². The monoisotopic (exact) mass is 368 g/mol. The molecule has 1 aliphatic rings. The highest BCUT2D eigenvalue weighted by Crippen LogP contribution is 2.42. The zero-order valence-corrected chi connectivity index (χ0v) is 17.3. The molecule has 0 saturated heterocycles. The molecule has 2 unspecified atom stereocenters. The molecule has 1 fully saturated rings. The summed E-state index contributed by atoms with van der Waals surface area (Å²) in [6.45, 7) is 7.10. The summed E-state index contributed by atoms with van der Waals surface area (Å²) >= 11 is 0. The molecule has 0 aromatic carbocycles. The average molecular weight is 369 g/mol. The topological polar surface area (TPSA) is 52.6 Å². The van der Waals surface area contributed by atoms with Crippen molar-refractivity contribution in [2.24, 2.45) is 11.3 Å². The Hall–Kier alpha value is -1.06. The predicted octanol–water partition coefficient (Wildman–Crippen LogP) is 5.82. The highest BCUT2D eigenvalue weighted by Gasteiger charge is 2.48. The molecule has 0 aromatic heterocycles. The summed E-state index contributed by atoms with van der Waals surface area (Å²) in [5.74, 6) is -0.774. The maximum atomic E-state index is 12.6. The quantitative estimate of drug-likeness (QED) is 0.303. The molecule has 1 aliphatic carbocycles. The van der Waals surface area contributed by atoms with E-state index < -0.39 is 5.41 Å². The number of carbonyl (C=O) groups is 2. The van der Waals surface area contributed by atoms with E-state index in [4.69, 9.17) is 9.47 Å². The lowest BCUT2D eigenvalue weighted by Crippen LogP contribution is -2.44.